The van der Waals surface area contributed by atoms with Crippen molar-refractivity contribution in [1.29, 1.82) is 0 Å². The number of aldehydes is 1. The number of methoxy groups -OCH3 is 1. The van der Waals surface area contributed by atoms with Crippen LogP contribution in [0, 0.1) is 6.92 Å². The van der Waals surface area contributed by atoms with E-state index in [2.05, 4.69) is 31.4 Å². The number of nitrogens with two attached hydrogens (primary N) is 2. The van der Waals surface area contributed by atoms with Gasteiger partial charge >= 0.3 is 5.82 Å². The van der Waals surface area contributed by atoms with Gasteiger partial charge in [-0.25, -0.2) is 21.2 Å². The van der Waals surface area contributed by atoms with Crippen LogP contribution >= 0.6 is 0 Å². The van der Waals surface area contributed by atoms with E-state index in [0.717, 1.165) is 47.2 Å². The summed E-state index contributed by atoms with van der Waals surface area (Å²) < 4.78 is 15.8. The number of hydrazone groups is 1. The highest BCUT2D eigenvalue weighted by molar-refractivity contribution is 6.03. The van der Waals surface area contributed by atoms with Gasteiger partial charge in [0.25, 0.3) is 0 Å². The number of amidine groups is 1. The van der Waals surface area contributed by atoms with Crippen LogP contribution in [0.2, 0.25) is 0 Å². The Morgan fingerprint density at radius 2 is 1.88 bits per heavy atom. The maximum atomic E-state index is 11.9. The second-order valence-corrected chi connectivity index (χ2v) is 10.0. The number of hydrogen-bond donors (Lipinski definition) is 4. The van der Waals surface area contributed by atoms with Crippen LogP contribution in [0.4, 0.5) is 0 Å². The lowest BCUT2D eigenvalue weighted by molar-refractivity contribution is 0.0723. The molecule has 224 valence electrons. The average molecular weight is 579 g/mol. The lowest BCUT2D eigenvalue weighted by Gasteiger charge is -2.15. The molecule has 0 aliphatic rings. The van der Waals surface area contributed by atoms with Gasteiger partial charge < -0.3 is 29.0 Å². The average Bonchev–Trinajstić information content (AvgIpc) is 3.47. The minimum Gasteiger partial charge on any atom is -0.396 e. The first kappa shape index (κ1) is 32.0. The molecule has 4 aromatic rings. The van der Waals surface area contributed by atoms with Gasteiger partial charge in [-0.2, -0.15) is 0 Å². The summed E-state index contributed by atoms with van der Waals surface area (Å²) in [5, 5.41) is 14.4. The molecule has 6 N–H and O–H groups in total. The number of carbonyl (C=O) groups excluding carboxylic acids is 1. The number of aliphatic hydroxyl groups is 1. The number of imidazole rings is 1. The maximum Gasteiger partial charge on any atom is 0.519 e. The van der Waals surface area contributed by atoms with Crippen molar-refractivity contribution in [1.82, 2.24) is 15.1 Å². The maximum absolute atomic E-state index is 11.9. The smallest absolute Gasteiger partial charge is 0.396 e. The monoisotopic (exact) mass is 578 g/mol. The van der Waals surface area contributed by atoms with E-state index in [4.69, 9.17) is 16.3 Å². The summed E-state index contributed by atoms with van der Waals surface area (Å²) >= 11 is 0. The lowest BCUT2D eigenvalue weighted by Crippen LogP contribution is -2.23. The Morgan fingerprint density at radius 3 is 2.43 bits per heavy atom. The number of aromatic nitrogens is 2. The first-order valence-electron chi connectivity index (χ1n) is 13.4. The molecule has 0 bridgehead atoms. The Labute approximate surface area is 244 Å². The van der Waals surface area contributed by atoms with Crippen molar-refractivity contribution in [2.75, 3.05) is 7.11 Å². The molecule has 0 saturated carbocycles. The number of carbonyl (C=O) groups is 1. The molecule has 0 unspecified atom stereocenters. The molecule has 12 heteroatoms. The van der Waals surface area contributed by atoms with Crippen molar-refractivity contribution in [3.05, 3.63) is 99.0 Å². The molecule has 0 aliphatic heterocycles. The number of hydrogen-bond acceptors (Lipinski definition) is 10. The third-order valence-electron chi connectivity index (χ3n) is 6.36. The van der Waals surface area contributed by atoms with Crippen LogP contribution < -0.4 is 22.9 Å². The van der Waals surface area contributed by atoms with E-state index in [9.17, 15) is 14.7 Å². The quantitative estimate of drug-likeness (QED) is 0.0676. The highest BCUT2D eigenvalue weighted by Gasteiger charge is 2.27. The summed E-state index contributed by atoms with van der Waals surface area (Å²) in [6.45, 7) is 7.75. The van der Waals surface area contributed by atoms with Gasteiger partial charge in [0.1, 0.15) is 35.2 Å². The van der Waals surface area contributed by atoms with Crippen molar-refractivity contribution < 1.29 is 23.5 Å². The second-order valence-electron chi connectivity index (χ2n) is 10.0. The molecule has 2 aromatic heterocycles. The van der Waals surface area contributed by atoms with Gasteiger partial charge in [0.15, 0.2) is 17.9 Å². The zero-order chi connectivity index (χ0) is 30.9. The molecule has 0 radical (unpaired) electrons. The standard InChI is InChI=1S/C24H30N6O2.C6H8O4/c1-4-7-21-27-22(24(2,3)32)20(15-31)30(21)14-16-10-12-17(13-11-16)18-8-5-6-9-19(18)23(25)28-29-26;1-4-5(3-8-2)10-6(7)9-4/h5-6,8-13,15,29,32H,4,7,14,26H2,1-3H3,(H2,25,28);3H2,1-2H3. The number of hydrazine groups is 1. The van der Waals surface area contributed by atoms with Crippen LogP contribution in [0.1, 0.15) is 71.8 Å². The molecule has 2 aromatic carbocycles. The van der Waals surface area contributed by atoms with Gasteiger partial charge in [-0.1, -0.05) is 55.5 Å². The lowest BCUT2D eigenvalue weighted by atomic mass is 9.98. The number of rotatable bonds is 11. The first-order chi connectivity index (χ1) is 20.0. The Morgan fingerprint density at radius 1 is 1.19 bits per heavy atom. The molecule has 0 atom stereocenters. The van der Waals surface area contributed by atoms with Gasteiger partial charge in [0.2, 0.25) is 0 Å². The Kier molecular flexibility index (Phi) is 11.0. The van der Waals surface area contributed by atoms with Crippen LogP contribution in [-0.4, -0.2) is 33.9 Å². The normalized spacial score (nSPS) is 11.6. The van der Waals surface area contributed by atoms with Gasteiger partial charge in [-0.15, -0.1) is 5.10 Å². The fourth-order valence-electron chi connectivity index (χ4n) is 4.37. The summed E-state index contributed by atoms with van der Waals surface area (Å²) in [7, 11) is 1.52. The first-order valence-corrected chi connectivity index (χ1v) is 13.4. The molecule has 4 rings (SSSR count). The molecule has 2 heterocycles. The molecule has 0 aliphatic carbocycles. The van der Waals surface area contributed by atoms with Crippen molar-refractivity contribution in [3.8, 4) is 11.1 Å². The minimum atomic E-state index is -1.20. The van der Waals surface area contributed by atoms with E-state index in [1.165, 1.54) is 7.11 Å². The second kappa shape index (κ2) is 14.4. The van der Waals surface area contributed by atoms with Crippen LogP contribution in [0.5, 0.6) is 0 Å². The molecular formula is C30H38N6O6. The summed E-state index contributed by atoms with van der Waals surface area (Å²) in [6.07, 6.45) is 2.38. The number of benzene rings is 2. The van der Waals surface area contributed by atoms with E-state index in [0.29, 0.717) is 35.3 Å². The topological polar surface area (TPSA) is 184 Å². The summed E-state index contributed by atoms with van der Waals surface area (Å²) in [5.74, 6) is 6.61. The molecule has 0 spiro atoms. The van der Waals surface area contributed by atoms with Crippen LogP contribution in [0.15, 0.2) is 67.3 Å². The largest absolute Gasteiger partial charge is 0.519 e. The van der Waals surface area contributed by atoms with Gasteiger partial charge in [-0.05, 0) is 43.9 Å². The molecule has 0 saturated heterocycles. The highest BCUT2D eigenvalue weighted by Crippen LogP contribution is 2.27. The van der Waals surface area contributed by atoms with E-state index in [1.807, 2.05) is 53.1 Å². The van der Waals surface area contributed by atoms with Gasteiger partial charge in [0, 0.05) is 25.6 Å². The third kappa shape index (κ3) is 7.81. The fraction of sp³-hybridized carbons (Fsp3) is 0.333. The SMILES string of the molecule is CCCc1nc(C(C)(C)O)c(C=O)n1Cc1ccc(-c2ccccc2/C(N)=N/NN)cc1.COCc1oc(=O)oc1C. The van der Waals surface area contributed by atoms with E-state index in [-0.39, 0.29) is 6.61 Å². The molecule has 42 heavy (non-hydrogen) atoms. The van der Waals surface area contributed by atoms with E-state index >= 15 is 0 Å². The summed E-state index contributed by atoms with van der Waals surface area (Å²) in [5.41, 5.74) is 11.6. The van der Waals surface area contributed by atoms with Crippen LogP contribution in [0.25, 0.3) is 11.1 Å². The Bertz CT molecular complexity index is 1560. The van der Waals surface area contributed by atoms with E-state index in [1.54, 1.807) is 20.8 Å². The molecular weight excluding hydrogens is 540 g/mol. The van der Waals surface area contributed by atoms with Crippen molar-refractivity contribution in [3.63, 3.8) is 0 Å². The third-order valence-corrected chi connectivity index (χ3v) is 6.36. The minimum absolute atomic E-state index is 0.275. The molecule has 0 fully saturated rings. The summed E-state index contributed by atoms with van der Waals surface area (Å²) in [6, 6.07) is 15.7. The molecule has 12 nitrogen and oxygen atoms in total. The van der Waals surface area contributed by atoms with E-state index < -0.39 is 11.4 Å². The number of ether oxygens (including phenoxy) is 1. The fourth-order valence-corrected chi connectivity index (χ4v) is 4.37. The zero-order valence-electron chi connectivity index (χ0n) is 24.5. The van der Waals surface area contributed by atoms with Crippen molar-refractivity contribution >= 4 is 12.1 Å². The Balaban J connectivity index is 0.000000408. The van der Waals surface area contributed by atoms with Crippen LogP contribution in [-0.2, 0) is 29.9 Å². The Hall–Kier alpha value is -4.52. The van der Waals surface area contributed by atoms with Crippen molar-refractivity contribution in [2.24, 2.45) is 16.7 Å². The van der Waals surface area contributed by atoms with Gasteiger partial charge in [-0.3, -0.25) is 4.79 Å². The van der Waals surface area contributed by atoms with Crippen LogP contribution in [0.3, 0.4) is 0 Å². The number of aryl methyl sites for hydroxylation is 2. The number of nitrogens with zero attached hydrogens (tertiary/aromatic N) is 3. The predicted octanol–water partition coefficient (Wildman–Crippen LogP) is 3.36. The summed E-state index contributed by atoms with van der Waals surface area (Å²) in [4.78, 5) is 26.9. The molecule has 0 amide bonds. The zero-order valence-corrected chi connectivity index (χ0v) is 24.5. The van der Waals surface area contributed by atoms with Gasteiger partial charge in [0.05, 0.1) is 0 Å². The van der Waals surface area contributed by atoms with Crippen molar-refractivity contribution in [2.45, 2.75) is 59.3 Å². The number of nitrogens with one attached hydrogen (secondary N) is 1. The predicted molar refractivity (Wildman–Crippen MR) is 159 cm³/mol. The highest BCUT2D eigenvalue weighted by atomic mass is 16.6.